The quantitative estimate of drug-likeness (QED) is 0.546. The first-order valence-electron chi connectivity index (χ1n) is 5.43. The van der Waals surface area contributed by atoms with Crippen LogP contribution < -0.4 is 0 Å². The van der Waals surface area contributed by atoms with Crippen LogP contribution in [0.15, 0.2) is 30.3 Å². The Bertz CT molecular complexity index is 677. The van der Waals surface area contributed by atoms with Gasteiger partial charge in [0.15, 0.2) is 0 Å². The van der Waals surface area contributed by atoms with E-state index in [-0.39, 0.29) is 21.3 Å². The van der Waals surface area contributed by atoms with Crippen LogP contribution >= 0.6 is 23.2 Å². The second kappa shape index (κ2) is 5.54. The van der Waals surface area contributed by atoms with Gasteiger partial charge in [0.1, 0.15) is 0 Å². The van der Waals surface area contributed by atoms with Gasteiger partial charge in [0.2, 0.25) is 0 Å². The molecule has 2 aromatic rings. The topological polar surface area (TPSA) is 43.1 Å². The number of halogens is 5. The lowest BCUT2D eigenvalue weighted by Crippen LogP contribution is -2.05. The SMILES string of the molecule is O=[N+]([O-])c1[c]cc(-c2c(Cl)cc(C(F)(F)F)cc2Cl)cc1. The lowest BCUT2D eigenvalue weighted by Gasteiger charge is -2.12. The molecule has 21 heavy (non-hydrogen) atoms. The highest BCUT2D eigenvalue weighted by Crippen LogP contribution is 2.40. The van der Waals surface area contributed by atoms with Gasteiger partial charge >= 0.3 is 6.18 Å². The number of non-ortho nitro benzene ring substituents is 1. The highest BCUT2D eigenvalue weighted by Gasteiger charge is 2.32. The van der Waals surface area contributed by atoms with E-state index >= 15 is 0 Å². The minimum absolute atomic E-state index is 0.164. The lowest BCUT2D eigenvalue weighted by molar-refractivity contribution is -0.385. The van der Waals surface area contributed by atoms with Gasteiger partial charge in [-0.15, -0.1) is 0 Å². The third-order valence-electron chi connectivity index (χ3n) is 2.65. The zero-order valence-corrected chi connectivity index (χ0v) is 11.6. The van der Waals surface area contributed by atoms with E-state index in [1.165, 1.54) is 18.2 Å². The number of hydrogen-bond donors (Lipinski definition) is 0. The molecule has 0 aliphatic heterocycles. The van der Waals surface area contributed by atoms with Crippen molar-refractivity contribution in [3.8, 4) is 11.1 Å². The van der Waals surface area contributed by atoms with Crippen molar-refractivity contribution >= 4 is 28.9 Å². The molecule has 0 saturated heterocycles. The summed E-state index contributed by atoms with van der Waals surface area (Å²) in [7, 11) is 0. The van der Waals surface area contributed by atoms with Crippen molar-refractivity contribution in [3.05, 3.63) is 62.1 Å². The first kappa shape index (κ1) is 15.6. The van der Waals surface area contributed by atoms with Gasteiger partial charge in [-0.05, 0) is 29.8 Å². The van der Waals surface area contributed by atoms with Crippen LogP contribution in [0.25, 0.3) is 11.1 Å². The summed E-state index contributed by atoms with van der Waals surface area (Å²) in [5, 5.41) is 10.1. The summed E-state index contributed by atoms with van der Waals surface area (Å²) in [6.45, 7) is 0. The van der Waals surface area contributed by atoms with Crippen molar-refractivity contribution in [2.45, 2.75) is 6.18 Å². The predicted molar refractivity (Wildman–Crippen MR) is 72.4 cm³/mol. The van der Waals surface area contributed by atoms with E-state index in [0.29, 0.717) is 5.56 Å². The number of nitro benzene ring substituents is 1. The average Bonchev–Trinajstić information content (AvgIpc) is 2.37. The van der Waals surface area contributed by atoms with Crippen molar-refractivity contribution in [1.82, 2.24) is 0 Å². The zero-order valence-electron chi connectivity index (χ0n) is 10.0. The minimum Gasteiger partial charge on any atom is -0.258 e. The van der Waals surface area contributed by atoms with Crippen LogP contribution in [-0.2, 0) is 6.18 Å². The first-order chi connectivity index (χ1) is 9.70. The molecule has 2 rings (SSSR count). The third-order valence-corrected chi connectivity index (χ3v) is 3.25. The maximum atomic E-state index is 12.6. The van der Waals surface area contributed by atoms with Crippen LogP contribution in [0.4, 0.5) is 18.9 Å². The Labute approximate surface area is 127 Å². The van der Waals surface area contributed by atoms with Crippen molar-refractivity contribution in [3.63, 3.8) is 0 Å². The van der Waals surface area contributed by atoms with Crippen molar-refractivity contribution in [1.29, 1.82) is 0 Å². The molecule has 0 aliphatic carbocycles. The molecule has 8 heteroatoms. The predicted octanol–water partition coefficient (Wildman–Crippen LogP) is 5.39. The van der Waals surface area contributed by atoms with E-state index in [1.807, 2.05) is 0 Å². The second-order valence-electron chi connectivity index (χ2n) is 4.03. The number of rotatable bonds is 2. The Kier molecular flexibility index (Phi) is 4.11. The summed E-state index contributed by atoms with van der Waals surface area (Å²) in [6, 6.07) is 7.66. The molecule has 0 unspecified atom stereocenters. The zero-order chi connectivity index (χ0) is 15.8. The molecule has 0 bridgehead atoms. The Balaban J connectivity index is 2.52. The molecule has 109 valence electrons. The molecule has 0 atom stereocenters. The van der Waals surface area contributed by atoms with Crippen LogP contribution in [0.2, 0.25) is 10.0 Å². The molecule has 0 aromatic heterocycles. The van der Waals surface area contributed by atoms with Gasteiger partial charge in [0.05, 0.1) is 26.6 Å². The Morgan fingerprint density at radius 3 is 2.10 bits per heavy atom. The fourth-order valence-electron chi connectivity index (χ4n) is 1.70. The van der Waals surface area contributed by atoms with E-state index in [0.717, 1.165) is 12.1 Å². The van der Waals surface area contributed by atoms with Crippen molar-refractivity contribution in [2.75, 3.05) is 0 Å². The molecule has 0 N–H and O–H groups in total. The molecular formula is C13H5Cl2F3NO2. The first-order valence-corrected chi connectivity index (χ1v) is 6.18. The van der Waals surface area contributed by atoms with E-state index < -0.39 is 16.7 Å². The number of nitrogens with zero attached hydrogens (tertiary/aromatic N) is 1. The van der Waals surface area contributed by atoms with Gasteiger partial charge in [-0.1, -0.05) is 23.2 Å². The Morgan fingerprint density at radius 2 is 1.71 bits per heavy atom. The minimum atomic E-state index is -4.56. The summed E-state index contributed by atoms with van der Waals surface area (Å²) >= 11 is 11.7. The summed E-state index contributed by atoms with van der Waals surface area (Å²) in [5.41, 5.74) is -0.730. The smallest absolute Gasteiger partial charge is 0.258 e. The maximum Gasteiger partial charge on any atom is 0.416 e. The van der Waals surface area contributed by atoms with Gasteiger partial charge in [0, 0.05) is 11.6 Å². The summed E-state index contributed by atoms with van der Waals surface area (Å²) in [4.78, 5) is 9.90. The summed E-state index contributed by atoms with van der Waals surface area (Å²) in [6.07, 6.45) is -4.56. The summed E-state index contributed by atoms with van der Waals surface area (Å²) in [5.74, 6) is 0. The van der Waals surface area contributed by atoms with E-state index in [4.69, 9.17) is 23.2 Å². The van der Waals surface area contributed by atoms with Crippen LogP contribution in [0.1, 0.15) is 5.56 Å². The third kappa shape index (κ3) is 3.28. The molecule has 0 amide bonds. The Hall–Kier alpha value is -1.79. The largest absolute Gasteiger partial charge is 0.416 e. The van der Waals surface area contributed by atoms with Crippen LogP contribution in [0.3, 0.4) is 0 Å². The molecule has 3 nitrogen and oxygen atoms in total. The van der Waals surface area contributed by atoms with Crippen LogP contribution in [0, 0.1) is 16.2 Å². The Morgan fingerprint density at radius 1 is 1.14 bits per heavy atom. The van der Waals surface area contributed by atoms with Gasteiger partial charge in [0.25, 0.3) is 5.69 Å². The monoisotopic (exact) mass is 334 g/mol. The van der Waals surface area contributed by atoms with Gasteiger partial charge in [-0.2, -0.15) is 13.2 Å². The molecule has 0 aliphatic rings. The average molecular weight is 335 g/mol. The van der Waals surface area contributed by atoms with Gasteiger partial charge < -0.3 is 0 Å². The highest BCUT2D eigenvalue weighted by atomic mass is 35.5. The lowest BCUT2D eigenvalue weighted by atomic mass is 10.0. The second-order valence-corrected chi connectivity index (χ2v) is 4.85. The fourth-order valence-corrected chi connectivity index (χ4v) is 2.40. The molecule has 0 spiro atoms. The van der Waals surface area contributed by atoms with Crippen molar-refractivity contribution in [2.24, 2.45) is 0 Å². The molecule has 0 saturated carbocycles. The van der Waals surface area contributed by atoms with E-state index in [1.54, 1.807) is 0 Å². The van der Waals surface area contributed by atoms with E-state index in [2.05, 4.69) is 6.07 Å². The normalized spacial score (nSPS) is 11.5. The van der Waals surface area contributed by atoms with Crippen LogP contribution in [0.5, 0.6) is 0 Å². The van der Waals surface area contributed by atoms with Gasteiger partial charge in [-0.3, -0.25) is 10.1 Å². The molecule has 2 aromatic carbocycles. The molecule has 1 radical (unpaired) electrons. The standard InChI is InChI=1S/C13H5Cl2F3NO2/c14-10-5-8(13(16,17)18)6-11(15)12(10)7-1-3-9(4-2-7)19(20)21/h1-3,5-6H. The van der Waals surface area contributed by atoms with E-state index in [9.17, 15) is 23.3 Å². The highest BCUT2D eigenvalue weighted by molar-refractivity contribution is 6.39. The van der Waals surface area contributed by atoms with Gasteiger partial charge in [-0.25, -0.2) is 0 Å². The maximum absolute atomic E-state index is 12.6. The molecular weight excluding hydrogens is 330 g/mol. The van der Waals surface area contributed by atoms with Crippen LogP contribution in [-0.4, -0.2) is 4.92 Å². The molecule has 0 heterocycles. The number of alkyl halides is 3. The summed E-state index contributed by atoms with van der Waals surface area (Å²) < 4.78 is 37.9. The number of benzene rings is 2. The molecule has 0 fully saturated rings. The number of nitro groups is 1. The number of hydrogen-bond acceptors (Lipinski definition) is 2. The fraction of sp³-hybridized carbons (Fsp3) is 0.0769. The van der Waals surface area contributed by atoms with Crippen molar-refractivity contribution < 1.29 is 18.1 Å².